The number of aromatic nitrogens is 4. The minimum atomic E-state index is -4.54. The van der Waals surface area contributed by atoms with E-state index in [1.54, 1.807) is 0 Å². The summed E-state index contributed by atoms with van der Waals surface area (Å²) in [5.41, 5.74) is 0.467. The topological polar surface area (TPSA) is 221 Å². The fourth-order valence-corrected chi connectivity index (χ4v) is 4.67. The highest BCUT2D eigenvalue weighted by Crippen LogP contribution is 2.41. The lowest BCUT2D eigenvalue weighted by molar-refractivity contribution is -0.0511. The van der Waals surface area contributed by atoms with Crippen LogP contribution in [0.2, 0.25) is 0 Å². The molecule has 7 N–H and O–H groups in total. The van der Waals surface area contributed by atoms with E-state index in [2.05, 4.69) is 25.6 Å². The number of nitrogens with zero attached hydrogens (tertiary/aromatic N) is 4. The lowest BCUT2D eigenvalue weighted by atomic mass is 9.93. The van der Waals surface area contributed by atoms with Crippen LogP contribution < -0.4 is 10.6 Å². The number of hydrogen-bond donors (Lipinski definition) is 7. The molecule has 1 aliphatic heterocycles. The fourth-order valence-electron chi connectivity index (χ4n) is 4.08. The number of fused-ring (bicyclic) bond motifs is 1. The van der Waals surface area contributed by atoms with Crippen LogP contribution in [0.4, 0.5) is 10.6 Å². The first-order valence-electron chi connectivity index (χ1n) is 10.3. The molecule has 4 atom stereocenters. The number of hydrogen-bond acceptors (Lipinski definition) is 10. The molecule has 0 unspecified atom stereocenters. The molecule has 2 aromatic rings. The summed E-state index contributed by atoms with van der Waals surface area (Å²) in [4.78, 5) is 42.6. The Bertz CT molecular complexity index is 1040. The molecule has 15 nitrogen and oxygen atoms in total. The van der Waals surface area contributed by atoms with Crippen molar-refractivity contribution >= 4 is 30.8 Å². The van der Waals surface area contributed by atoms with Crippen molar-refractivity contribution in [1.29, 1.82) is 0 Å². The molecule has 2 aromatic heterocycles. The van der Waals surface area contributed by atoms with E-state index in [0.29, 0.717) is 25.7 Å². The SMILES string of the molecule is O=C(Nc1ncnc2c1ncn2[C@@H]1O[C@H](CO)[C@@H](O)[C@H]1O)NC1CCC(OP(=O)(O)O)CC1. The van der Waals surface area contributed by atoms with Gasteiger partial charge in [0.1, 0.15) is 24.6 Å². The molecule has 0 bridgehead atoms. The van der Waals surface area contributed by atoms with Gasteiger partial charge in [-0.05, 0) is 25.7 Å². The molecule has 2 aliphatic rings. The zero-order chi connectivity index (χ0) is 23.8. The summed E-state index contributed by atoms with van der Waals surface area (Å²) >= 11 is 0. The van der Waals surface area contributed by atoms with E-state index in [-0.39, 0.29) is 23.0 Å². The predicted molar refractivity (Wildman–Crippen MR) is 110 cm³/mol. The van der Waals surface area contributed by atoms with E-state index < -0.39 is 51.1 Å². The molecule has 3 heterocycles. The summed E-state index contributed by atoms with van der Waals surface area (Å²) < 4.78 is 22.5. The van der Waals surface area contributed by atoms with Crippen LogP contribution in [0, 0.1) is 0 Å². The van der Waals surface area contributed by atoms with Crippen molar-refractivity contribution in [3.63, 3.8) is 0 Å². The van der Waals surface area contributed by atoms with Gasteiger partial charge in [0.2, 0.25) is 0 Å². The Morgan fingerprint density at radius 2 is 1.91 bits per heavy atom. The average Bonchev–Trinajstić information content (AvgIpc) is 3.30. The molecule has 182 valence electrons. The maximum Gasteiger partial charge on any atom is 0.469 e. The number of phosphoric acid groups is 1. The maximum atomic E-state index is 12.5. The van der Waals surface area contributed by atoms with Gasteiger partial charge in [-0.2, -0.15) is 0 Å². The van der Waals surface area contributed by atoms with Gasteiger partial charge in [-0.3, -0.25) is 14.4 Å². The van der Waals surface area contributed by atoms with Gasteiger partial charge in [-0.25, -0.2) is 24.3 Å². The molecule has 16 heteroatoms. The van der Waals surface area contributed by atoms with E-state index in [0.717, 1.165) is 0 Å². The van der Waals surface area contributed by atoms with Gasteiger partial charge < -0.3 is 35.2 Å². The highest BCUT2D eigenvalue weighted by molar-refractivity contribution is 7.46. The highest BCUT2D eigenvalue weighted by Gasteiger charge is 2.44. The zero-order valence-corrected chi connectivity index (χ0v) is 18.2. The number of urea groups is 1. The zero-order valence-electron chi connectivity index (χ0n) is 17.3. The van der Waals surface area contributed by atoms with Crippen LogP contribution in [-0.2, 0) is 13.8 Å². The predicted octanol–water partition coefficient (Wildman–Crippen LogP) is -1.02. The summed E-state index contributed by atoms with van der Waals surface area (Å²) in [6.45, 7) is -0.476. The number of anilines is 1. The second-order valence-corrected chi connectivity index (χ2v) is 9.14. The van der Waals surface area contributed by atoms with Gasteiger partial charge in [0.05, 0.1) is 19.0 Å². The Morgan fingerprint density at radius 1 is 1.18 bits per heavy atom. The molecule has 33 heavy (non-hydrogen) atoms. The van der Waals surface area contributed by atoms with Crippen molar-refractivity contribution in [2.24, 2.45) is 0 Å². The maximum absolute atomic E-state index is 12.5. The van der Waals surface area contributed by atoms with Gasteiger partial charge >= 0.3 is 13.9 Å². The molecule has 2 fully saturated rings. The molecular weight excluding hydrogens is 463 g/mol. The minimum Gasteiger partial charge on any atom is -0.394 e. The lowest BCUT2D eigenvalue weighted by Crippen LogP contribution is -2.41. The molecule has 2 amide bonds. The molecule has 1 saturated carbocycles. The van der Waals surface area contributed by atoms with Crippen LogP contribution in [0.3, 0.4) is 0 Å². The van der Waals surface area contributed by atoms with Crippen LogP contribution in [0.5, 0.6) is 0 Å². The Morgan fingerprint density at radius 3 is 2.55 bits per heavy atom. The summed E-state index contributed by atoms with van der Waals surface area (Å²) in [5.74, 6) is 0.113. The van der Waals surface area contributed by atoms with E-state index in [1.807, 2.05) is 0 Å². The number of aliphatic hydroxyl groups is 3. The van der Waals surface area contributed by atoms with E-state index in [4.69, 9.17) is 19.0 Å². The number of ether oxygens (including phenoxy) is 1. The molecular formula is C17H25N6O9P. The van der Waals surface area contributed by atoms with Crippen molar-refractivity contribution in [1.82, 2.24) is 24.8 Å². The molecule has 0 aromatic carbocycles. The second kappa shape index (κ2) is 9.56. The molecule has 0 spiro atoms. The Balaban J connectivity index is 1.40. The summed E-state index contributed by atoms with van der Waals surface area (Å²) in [6.07, 6.45) is -0.899. The van der Waals surface area contributed by atoms with Crippen molar-refractivity contribution < 1.29 is 43.7 Å². The number of carbonyl (C=O) groups excluding carboxylic acids is 1. The highest BCUT2D eigenvalue weighted by atomic mass is 31.2. The van der Waals surface area contributed by atoms with Crippen molar-refractivity contribution in [2.75, 3.05) is 11.9 Å². The van der Waals surface area contributed by atoms with Gasteiger partial charge in [0.25, 0.3) is 0 Å². The third-order valence-electron chi connectivity index (χ3n) is 5.68. The monoisotopic (exact) mass is 488 g/mol. The van der Waals surface area contributed by atoms with Crippen LogP contribution in [0.1, 0.15) is 31.9 Å². The molecule has 0 radical (unpaired) electrons. The fraction of sp³-hybridized carbons (Fsp3) is 0.647. The number of nitrogens with one attached hydrogen (secondary N) is 2. The number of phosphoric ester groups is 1. The Kier molecular flexibility index (Phi) is 6.93. The number of imidazole rings is 1. The third-order valence-corrected chi connectivity index (χ3v) is 6.25. The lowest BCUT2D eigenvalue weighted by Gasteiger charge is -2.28. The third kappa shape index (κ3) is 5.31. The molecule has 4 rings (SSSR count). The Hall–Kier alpha value is -2.23. The normalized spacial score (nSPS) is 30.5. The van der Waals surface area contributed by atoms with Crippen LogP contribution in [0.15, 0.2) is 12.7 Å². The van der Waals surface area contributed by atoms with E-state index in [1.165, 1.54) is 17.2 Å². The quantitative estimate of drug-likeness (QED) is 0.243. The second-order valence-electron chi connectivity index (χ2n) is 7.94. The first-order chi connectivity index (χ1) is 15.7. The summed E-state index contributed by atoms with van der Waals surface area (Å²) in [7, 11) is -4.54. The molecule has 1 saturated heterocycles. The van der Waals surface area contributed by atoms with E-state index >= 15 is 0 Å². The van der Waals surface area contributed by atoms with Gasteiger partial charge in [-0.1, -0.05) is 0 Å². The minimum absolute atomic E-state index is 0.113. The number of rotatable bonds is 6. The largest absolute Gasteiger partial charge is 0.469 e. The Labute approximate surface area is 187 Å². The van der Waals surface area contributed by atoms with Crippen LogP contribution >= 0.6 is 7.82 Å². The summed E-state index contributed by atoms with van der Waals surface area (Å²) in [5, 5.41) is 34.9. The van der Waals surface area contributed by atoms with Crippen LogP contribution in [-0.4, -0.2) is 87.7 Å². The number of aliphatic hydroxyl groups excluding tert-OH is 3. The van der Waals surface area contributed by atoms with Crippen molar-refractivity contribution in [3.05, 3.63) is 12.7 Å². The number of carbonyl (C=O) groups is 1. The van der Waals surface area contributed by atoms with Gasteiger partial charge in [0.15, 0.2) is 23.2 Å². The number of amides is 2. The van der Waals surface area contributed by atoms with Crippen molar-refractivity contribution in [2.45, 2.75) is 62.4 Å². The van der Waals surface area contributed by atoms with E-state index in [9.17, 15) is 24.7 Å². The average molecular weight is 488 g/mol. The standard InChI is InChI=1S/C17H25N6O9P/c24-5-10-12(25)13(26)16(31-10)23-7-20-11-14(18-6-19-15(11)23)22-17(27)21-8-1-3-9(4-2-8)32-33(28,29)30/h6-10,12-13,16,24-26H,1-5H2,(H2,28,29,30)(H2,18,19,21,22,27)/t8?,9?,10-,12-,13-,16-/m1/s1. The van der Waals surface area contributed by atoms with Crippen LogP contribution in [0.25, 0.3) is 11.2 Å². The molecule has 1 aliphatic carbocycles. The smallest absolute Gasteiger partial charge is 0.394 e. The van der Waals surface area contributed by atoms with Gasteiger partial charge in [-0.15, -0.1) is 0 Å². The summed E-state index contributed by atoms with van der Waals surface area (Å²) in [6, 6.07) is -0.757. The van der Waals surface area contributed by atoms with Gasteiger partial charge in [0, 0.05) is 6.04 Å². The van der Waals surface area contributed by atoms with Crippen molar-refractivity contribution in [3.8, 4) is 0 Å². The first kappa shape index (κ1) is 23.9. The first-order valence-corrected chi connectivity index (χ1v) is 11.8.